The fraction of sp³-hybridized carbons (Fsp3) is 0.167. The third-order valence-corrected chi connectivity index (χ3v) is 5.62. The molecule has 0 aliphatic carbocycles. The number of anilines is 1. The van der Waals surface area contributed by atoms with Gasteiger partial charge in [0, 0.05) is 5.56 Å². The predicted octanol–water partition coefficient (Wildman–Crippen LogP) is 3.87. The molecule has 0 unspecified atom stereocenters. The Kier molecular flexibility index (Phi) is 4.56. The molecule has 0 radical (unpaired) electrons. The van der Waals surface area contributed by atoms with Gasteiger partial charge < -0.3 is 0 Å². The van der Waals surface area contributed by atoms with E-state index in [0.29, 0.717) is 11.3 Å². The van der Waals surface area contributed by atoms with Crippen LogP contribution in [0.4, 0.5) is 10.1 Å². The van der Waals surface area contributed by atoms with Crippen molar-refractivity contribution in [3.05, 3.63) is 102 Å². The lowest BCUT2D eigenvalue weighted by Gasteiger charge is -2.29. The van der Waals surface area contributed by atoms with Gasteiger partial charge in [-0.1, -0.05) is 66.7 Å². The summed E-state index contributed by atoms with van der Waals surface area (Å²) >= 11 is 0. The fourth-order valence-electron chi connectivity index (χ4n) is 4.22. The van der Waals surface area contributed by atoms with Gasteiger partial charge in [-0.15, -0.1) is 0 Å². The number of rotatable bonds is 4. The Morgan fingerprint density at radius 3 is 2.13 bits per heavy atom. The number of hydroxylamine groups is 1. The summed E-state index contributed by atoms with van der Waals surface area (Å²) in [5, 5.41) is 1.50. The summed E-state index contributed by atoms with van der Waals surface area (Å²) in [6.07, 6.45) is -0.981. The highest BCUT2D eigenvalue weighted by atomic mass is 19.1. The molecule has 3 aromatic carbocycles. The third-order valence-electron chi connectivity index (χ3n) is 5.62. The number of amides is 2. The SMILES string of the molecule is O=C1[C@H]2[C@@H](ON(c3ccccc3)[C@H]2c2ccccc2F)C(=O)N1Cc1ccccc1. The van der Waals surface area contributed by atoms with Crippen LogP contribution in [0.3, 0.4) is 0 Å². The van der Waals surface area contributed by atoms with Gasteiger partial charge in [-0.05, 0) is 23.8 Å². The average Bonchev–Trinajstić information content (AvgIpc) is 3.27. The predicted molar refractivity (Wildman–Crippen MR) is 108 cm³/mol. The van der Waals surface area contributed by atoms with Crippen LogP contribution in [0.1, 0.15) is 17.2 Å². The highest BCUT2D eigenvalue weighted by molar-refractivity contribution is 6.07. The molecule has 5 rings (SSSR count). The molecular weight excluding hydrogens is 383 g/mol. The first-order valence-corrected chi connectivity index (χ1v) is 9.80. The van der Waals surface area contributed by atoms with E-state index in [0.717, 1.165) is 5.56 Å². The zero-order chi connectivity index (χ0) is 20.7. The standard InChI is InChI=1S/C24H19FN2O3/c25-19-14-8-7-13-18(19)21-20-22(30-27(21)17-11-5-2-6-12-17)24(29)26(23(20)28)15-16-9-3-1-4-10-16/h1-14,20-22H,15H2/t20-,21+,22-/m1/s1. The van der Waals surface area contributed by atoms with Crippen molar-refractivity contribution in [2.45, 2.75) is 18.7 Å². The first kappa shape index (κ1) is 18.5. The highest BCUT2D eigenvalue weighted by Crippen LogP contribution is 2.47. The van der Waals surface area contributed by atoms with E-state index in [9.17, 15) is 14.0 Å². The van der Waals surface area contributed by atoms with Crippen LogP contribution < -0.4 is 5.06 Å². The molecule has 150 valence electrons. The van der Waals surface area contributed by atoms with Gasteiger partial charge in [0.1, 0.15) is 11.7 Å². The number of carbonyl (C=O) groups is 2. The topological polar surface area (TPSA) is 49.9 Å². The first-order chi connectivity index (χ1) is 14.6. The van der Waals surface area contributed by atoms with E-state index in [1.54, 1.807) is 18.2 Å². The Hall–Kier alpha value is -3.51. The molecule has 0 saturated carbocycles. The van der Waals surface area contributed by atoms with Gasteiger partial charge in [0.2, 0.25) is 5.91 Å². The van der Waals surface area contributed by atoms with E-state index >= 15 is 0 Å². The van der Waals surface area contributed by atoms with Crippen molar-refractivity contribution < 1.29 is 18.8 Å². The van der Waals surface area contributed by atoms with E-state index in [2.05, 4.69) is 0 Å². The van der Waals surface area contributed by atoms with Crippen LogP contribution in [0, 0.1) is 11.7 Å². The number of hydrogen-bond acceptors (Lipinski definition) is 4. The van der Waals surface area contributed by atoms with Crippen molar-refractivity contribution in [1.82, 2.24) is 4.90 Å². The molecule has 2 heterocycles. The maximum Gasteiger partial charge on any atom is 0.262 e. The van der Waals surface area contributed by atoms with E-state index in [4.69, 9.17) is 4.84 Å². The minimum atomic E-state index is -0.981. The Labute approximate surface area is 173 Å². The highest BCUT2D eigenvalue weighted by Gasteiger charge is 2.60. The van der Waals surface area contributed by atoms with Gasteiger partial charge in [0.05, 0.1) is 18.3 Å². The Balaban J connectivity index is 1.54. The summed E-state index contributed by atoms with van der Waals surface area (Å²) in [5.41, 5.74) is 1.84. The van der Waals surface area contributed by atoms with Crippen molar-refractivity contribution in [3.8, 4) is 0 Å². The monoisotopic (exact) mass is 402 g/mol. The maximum absolute atomic E-state index is 14.8. The maximum atomic E-state index is 14.8. The number of likely N-dealkylation sites (tertiary alicyclic amines) is 1. The van der Waals surface area contributed by atoms with Crippen LogP contribution in [0.25, 0.3) is 0 Å². The lowest BCUT2D eigenvalue weighted by Crippen LogP contribution is -2.37. The summed E-state index contributed by atoms with van der Waals surface area (Å²) in [7, 11) is 0. The molecule has 2 fully saturated rings. The van der Waals surface area contributed by atoms with E-state index in [-0.39, 0.29) is 12.5 Å². The van der Waals surface area contributed by atoms with Gasteiger partial charge >= 0.3 is 0 Å². The van der Waals surface area contributed by atoms with Crippen LogP contribution in [0.2, 0.25) is 0 Å². The summed E-state index contributed by atoms with van der Waals surface area (Å²) in [6, 6.07) is 24.0. The van der Waals surface area contributed by atoms with Crippen molar-refractivity contribution in [2.24, 2.45) is 5.92 Å². The number of halogens is 1. The van der Waals surface area contributed by atoms with Crippen LogP contribution in [0.15, 0.2) is 84.9 Å². The number of hydrogen-bond donors (Lipinski definition) is 0. The van der Waals surface area contributed by atoms with Gasteiger partial charge in [-0.2, -0.15) is 0 Å². The molecule has 30 heavy (non-hydrogen) atoms. The molecule has 0 N–H and O–H groups in total. The lowest BCUT2D eigenvalue weighted by atomic mass is 9.90. The summed E-state index contributed by atoms with van der Waals surface area (Å²) < 4.78 is 14.8. The molecule has 5 nitrogen and oxygen atoms in total. The Morgan fingerprint density at radius 2 is 1.43 bits per heavy atom. The van der Waals surface area contributed by atoms with Crippen LogP contribution in [0.5, 0.6) is 0 Å². The minimum absolute atomic E-state index is 0.171. The van der Waals surface area contributed by atoms with Crippen molar-refractivity contribution >= 4 is 17.5 Å². The van der Waals surface area contributed by atoms with Gasteiger partial charge in [0.15, 0.2) is 6.10 Å². The zero-order valence-electron chi connectivity index (χ0n) is 16.0. The number of carbonyl (C=O) groups excluding carboxylic acids is 2. The van der Waals surface area contributed by atoms with Gasteiger partial charge in [0.25, 0.3) is 5.91 Å². The molecule has 0 aromatic heterocycles. The molecule has 2 aliphatic heterocycles. The van der Waals surface area contributed by atoms with Crippen LogP contribution in [-0.2, 0) is 21.0 Å². The average molecular weight is 402 g/mol. The van der Waals surface area contributed by atoms with E-state index < -0.39 is 29.8 Å². The number of para-hydroxylation sites is 1. The minimum Gasteiger partial charge on any atom is -0.275 e. The lowest BCUT2D eigenvalue weighted by molar-refractivity contribution is -0.143. The molecule has 3 aromatic rings. The van der Waals surface area contributed by atoms with Gasteiger partial charge in [-0.25, -0.2) is 9.45 Å². The molecule has 0 spiro atoms. The summed E-state index contributed by atoms with van der Waals surface area (Å²) in [4.78, 5) is 33.7. The molecule has 2 saturated heterocycles. The second kappa shape index (κ2) is 7.39. The third kappa shape index (κ3) is 2.97. The van der Waals surface area contributed by atoms with Crippen molar-refractivity contribution in [2.75, 3.05) is 5.06 Å². The van der Waals surface area contributed by atoms with E-state index in [1.165, 1.54) is 16.0 Å². The molecule has 2 amide bonds. The second-order valence-corrected chi connectivity index (χ2v) is 7.43. The molecule has 3 atom stereocenters. The largest absolute Gasteiger partial charge is 0.275 e. The molecule has 2 aliphatic rings. The van der Waals surface area contributed by atoms with Gasteiger partial charge in [-0.3, -0.25) is 19.3 Å². The quantitative estimate of drug-likeness (QED) is 0.622. The van der Waals surface area contributed by atoms with Crippen molar-refractivity contribution in [1.29, 1.82) is 0 Å². The smallest absolute Gasteiger partial charge is 0.262 e. The zero-order valence-corrected chi connectivity index (χ0v) is 16.0. The molecular formula is C24H19FN2O3. The second-order valence-electron chi connectivity index (χ2n) is 7.43. The normalized spacial score (nSPS) is 23.2. The fourth-order valence-corrected chi connectivity index (χ4v) is 4.22. The Bertz CT molecular complexity index is 1090. The summed E-state index contributed by atoms with van der Waals surface area (Å²) in [5.74, 6) is -2.00. The molecule has 6 heteroatoms. The number of imide groups is 1. The number of fused-ring (bicyclic) bond motifs is 1. The Morgan fingerprint density at radius 1 is 0.800 bits per heavy atom. The summed E-state index contributed by atoms with van der Waals surface area (Å²) in [6.45, 7) is 0.171. The van der Waals surface area contributed by atoms with Crippen LogP contribution >= 0.6 is 0 Å². The van der Waals surface area contributed by atoms with E-state index in [1.807, 2.05) is 60.7 Å². The molecule has 0 bridgehead atoms. The van der Waals surface area contributed by atoms with Crippen LogP contribution in [-0.4, -0.2) is 22.8 Å². The number of benzene rings is 3. The van der Waals surface area contributed by atoms with Crippen molar-refractivity contribution in [3.63, 3.8) is 0 Å². The number of nitrogens with zero attached hydrogens (tertiary/aromatic N) is 2. The first-order valence-electron chi connectivity index (χ1n) is 9.80.